The Balaban J connectivity index is 2.01. The summed E-state index contributed by atoms with van der Waals surface area (Å²) in [6.07, 6.45) is 0.215. The van der Waals surface area contributed by atoms with E-state index in [4.69, 9.17) is 13.9 Å². The minimum atomic E-state index is -0.758. The highest BCUT2D eigenvalue weighted by molar-refractivity contribution is 5.82. The van der Waals surface area contributed by atoms with Gasteiger partial charge in [-0.25, -0.2) is 4.79 Å². The van der Waals surface area contributed by atoms with Gasteiger partial charge < -0.3 is 13.9 Å². The highest BCUT2D eigenvalue weighted by Gasteiger charge is 2.40. The first-order valence-corrected chi connectivity index (χ1v) is 6.79. The van der Waals surface area contributed by atoms with Crippen LogP contribution in [0, 0.1) is 0 Å². The van der Waals surface area contributed by atoms with Crippen LogP contribution in [-0.2, 0) is 16.0 Å². The summed E-state index contributed by atoms with van der Waals surface area (Å²) in [6.45, 7) is 4.99. The van der Waals surface area contributed by atoms with Crippen molar-refractivity contribution in [2.24, 2.45) is 0 Å². The van der Waals surface area contributed by atoms with Crippen LogP contribution in [0.15, 0.2) is 33.5 Å². The molecule has 1 aromatic carbocycles. The van der Waals surface area contributed by atoms with Gasteiger partial charge in [0.1, 0.15) is 23.0 Å². The number of carbonyl (C=O) groups excluding carboxylic acids is 1. The Morgan fingerprint density at radius 3 is 2.71 bits per heavy atom. The lowest BCUT2D eigenvalue weighted by molar-refractivity contribution is -0.161. The number of fused-ring (bicyclic) bond motifs is 3. The van der Waals surface area contributed by atoms with E-state index < -0.39 is 11.2 Å². The van der Waals surface area contributed by atoms with Crippen LogP contribution in [-0.4, -0.2) is 17.7 Å². The number of carbonyl (C=O) groups is 1. The molecule has 0 spiro atoms. The molecule has 0 saturated carbocycles. The predicted octanol–water partition coefficient (Wildman–Crippen LogP) is 2.44. The van der Waals surface area contributed by atoms with Crippen molar-refractivity contribution < 1.29 is 18.7 Å². The van der Waals surface area contributed by atoms with Crippen molar-refractivity contribution in [3.8, 4) is 5.75 Å². The van der Waals surface area contributed by atoms with E-state index in [0.29, 0.717) is 17.8 Å². The Bertz CT molecular complexity index is 772. The summed E-state index contributed by atoms with van der Waals surface area (Å²) in [7, 11) is 0. The predicted molar refractivity (Wildman–Crippen MR) is 76.4 cm³/mol. The maximum absolute atomic E-state index is 11.4. The number of hydrogen-bond donors (Lipinski definition) is 0. The summed E-state index contributed by atoms with van der Waals surface area (Å²) in [5.41, 5.74) is 0.238. The van der Waals surface area contributed by atoms with E-state index in [-0.39, 0.29) is 12.1 Å². The summed E-state index contributed by atoms with van der Waals surface area (Å²) in [6, 6.07) is 6.82. The minimum Gasteiger partial charge on any atom is -0.485 e. The van der Waals surface area contributed by atoms with E-state index in [0.717, 1.165) is 10.9 Å². The number of benzene rings is 1. The molecule has 110 valence electrons. The summed E-state index contributed by atoms with van der Waals surface area (Å²) >= 11 is 0. The molecule has 1 aliphatic rings. The molecule has 0 N–H and O–H groups in total. The molecule has 2 aromatic rings. The maximum atomic E-state index is 11.4. The van der Waals surface area contributed by atoms with Gasteiger partial charge >= 0.3 is 11.6 Å². The second-order valence-electron chi connectivity index (χ2n) is 5.72. The average molecular weight is 288 g/mol. The van der Waals surface area contributed by atoms with E-state index in [2.05, 4.69) is 0 Å². The molecule has 0 bridgehead atoms. The molecular weight excluding hydrogens is 272 g/mol. The largest absolute Gasteiger partial charge is 0.485 e. The summed E-state index contributed by atoms with van der Waals surface area (Å²) in [5, 5.41) is 0.850. The normalized spacial score (nSPS) is 17.4. The van der Waals surface area contributed by atoms with Crippen molar-refractivity contribution in [2.45, 2.75) is 38.9 Å². The Labute approximate surface area is 121 Å². The first-order chi connectivity index (χ1) is 9.87. The Morgan fingerprint density at radius 1 is 1.29 bits per heavy atom. The van der Waals surface area contributed by atoms with Gasteiger partial charge in [-0.1, -0.05) is 0 Å². The minimum absolute atomic E-state index is 0.312. The zero-order chi connectivity index (χ0) is 15.2. The fourth-order valence-electron chi connectivity index (χ4n) is 2.68. The molecule has 0 amide bonds. The number of rotatable bonds is 2. The molecule has 1 aromatic heterocycles. The van der Waals surface area contributed by atoms with Gasteiger partial charge in [0.25, 0.3) is 0 Å². The number of ether oxygens (including phenoxy) is 2. The summed E-state index contributed by atoms with van der Waals surface area (Å²) in [4.78, 5) is 22.6. The molecule has 1 aliphatic heterocycles. The third-order valence-electron chi connectivity index (χ3n) is 3.69. The highest BCUT2D eigenvalue weighted by Crippen LogP contribution is 2.38. The van der Waals surface area contributed by atoms with Crippen LogP contribution >= 0.6 is 0 Å². The van der Waals surface area contributed by atoms with Crippen LogP contribution < -0.4 is 10.4 Å². The first kappa shape index (κ1) is 13.7. The molecular formula is C16H16O5. The van der Waals surface area contributed by atoms with Crippen molar-refractivity contribution in [1.82, 2.24) is 0 Å². The van der Waals surface area contributed by atoms with Gasteiger partial charge in [0.05, 0.1) is 0 Å². The van der Waals surface area contributed by atoms with Gasteiger partial charge in [-0.05, 0) is 32.0 Å². The number of hydrogen-bond acceptors (Lipinski definition) is 5. The SMILES string of the molecule is CC(=O)OC(C)(C)[C@@H]1Cc2c(ccc3ccc(=O)oc23)O1. The van der Waals surface area contributed by atoms with Gasteiger partial charge in [0.2, 0.25) is 0 Å². The van der Waals surface area contributed by atoms with Crippen LogP contribution in [0.3, 0.4) is 0 Å². The van der Waals surface area contributed by atoms with Crippen LogP contribution in [0.1, 0.15) is 26.3 Å². The highest BCUT2D eigenvalue weighted by atomic mass is 16.6. The molecule has 1 atom stereocenters. The molecule has 5 nitrogen and oxygen atoms in total. The molecule has 21 heavy (non-hydrogen) atoms. The lowest BCUT2D eigenvalue weighted by Crippen LogP contribution is -2.43. The van der Waals surface area contributed by atoms with Crippen LogP contribution in [0.5, 0.6) is 5.75 Å². The summed E-state index contributed by atoms with van der Waals surface area (Å²) < 4.78 is 16.5. The maximum Gasteiger partial charge on any atom is 0.336 e. The lowest BCUT2D eigenvalue weighted by Gasteiger charge is -2.30. The number of esters is 1. The first-order valence-electron chi connectivity index (χ1n) is 6.79. The van der Waals surface area contributed by atoms with Crippen molar-refractivity contribution >= 4 is 16.9 Å². The fraction of sp³-hybridized carbons (Fsp3) is 0.375. The topological polar surface area (TPSA) is 65.7 Å². The quantitative estimate of drug-likeness (QED) is 0.627. The molecule has 0 unspecified atom stereocenters. The molecule has 2 heterocycles. The van der Waals surface area contributed by atoms with E-state index >= 15 is 0 Å². The second-order valence-corrected chi connectivity index (χ2v) is 5.72. The fourth-order valence-corrected chi connectivity index (χ4v) is 2.68. The van der Waals surface area contributed by atoms with Gasteiger partial charge in [0, 0.05) is 30.4 Å². The molecule has 3 rings (SSSR count). The van der Waals surface area contributed by atoms with E-state index in [1.54, 1.807) is 6.07 Å². The zero-order valence-electron chi connectivity index (χ0n) is 12.1. The van der Waals surface area contributed by atoms with Gasteiger partial charge in [-0.15, -0.1) is 0 Å². The molecule has 0 fully saturated rings. The van der Waals surface area contributed by atoms with E-state index in [9.17, 15) is 9.59 Å². The van der Waals surface area contributed by atoms with Gasteiger partial charge in [-0.3, -0.25) is 4.79 Å². The molecule has 0 saturated heterocycles. The zero-order valence-corrected chi connectivity index (χ0v) is 12.1. The molecule has 0 aliphatic carbocycles. The molecule has 5 heteroatoms. The average Bonchev–Trinajstić information content (AvgIpc) is 2.82. The monoisotopic (exact) mass is 288 g/mol. The van der Waals surface area contributed by atoms with Gasteiger partial charge in [0.15, 0.2) is 0 Å². The van der Waals surface area contributed by atoms with Crippen molar-refractivity contribution in [2.75, 3.05) is 0 Å². The molecule has 0 radical (unpaired) electrons. The lowest BCUT2D eigenvalue weighted by atomic mass is 9.96. The Kier molecular flexibility index (Phi) is 3.01. The third kappa shape index (κ3) is 2.39. The Hall–Kier alpha value is -2.30. The van der Waals surface area contributed by atoms with Crippen LogP contribution in [0.2, 0.25) is 0 Å². The Morgan fingerprint density at radius 2 is 2.00 bits per heavy atom. The van der Waals surface area contributed by atoms with Crippen LogP contribution in [0.4, 0.5) is 0 Å². The van der Waals surface area contributed by atoms with Crippen molar-refractivity contribution in [3.05, 3.63) is 40.2 Å². The van der Waals surface area contributed by atoms with E-state index in [1.807, 2.05) is 26.0 Å². The van der Waals surface area contributed by atoms with Gasteiger partial charge in [-0.2, -0.15) is 0 Å². The van der Waals surface area contributed by atoms with Crippen molar-refractivity contribution in [1.29, 1.82) is 0 Å². The standard InChI is InChI=1S/C16H16O5/c1-9(17)21-16(2,3)13-8-11-12(19-13)6-4-10-5-7-14(18)20-15(10)11/h4-7,13H,8H2,1-3H3/t13-/m0/s1. The second kappa shape index (κ2) is 4.62. The van der Waals surface area contributed by atoms with Crippen molar-refractivity contribution in [3.63, 3.8) is 0 Å². The van der Waals surface area contributed by atoms with E-state index in [1.165, 1.54) is 13.0 Å². The summed E-state index contributed by atoms with van der Waals surface area (Å²) in [5.74, 6) is 0.318. The smallest absolute Gasteiger partial charge is 0.336 e. The third-order valence-corrected chi connectivity index (χ3v) is 3.69. The van der Waals surface area contributed by atoms with Crippen LogP contribution in [0.25, 0.3) is 11.0 Å².